The van der Waals surface area contributed by atoms with E-state index in [0.29, 0.717) is 12.0 Å². The van der Waals surface area contributed by atoms with E-state index in [0.717, 1.165) is 20.7 Å². The van der Waals surface area contributed by atoms with Gasteiger partial charge in [-0.2, -0.15) is 0 Å². The van der Waals surface area contributed by atoms with Crippen LogP contribution < -0.4 is 5.32 Å². The van der Waals surface area contributed by atoms with Crippen LogP contribution in [0.1, 0.15) is 17.3 Å². The van der Waals surface area contributed by atoms with E-state index in [1.54, 1.807) is 13.2 Å². The number of nitrogens with one attached hydrogen (secondary N) is 1. The summed E-state index contributed by atoms with van der Waals surface area (Å²) in [6.45, 7) is 0. The van der Waals surface area contributed by atoms with Gasteiger partial charge in [0.25, 0.3) is 0 Å². The van der Waals surface area contributed by atoms with Crippen LogP contribution in [0.5, 0.6) is 0 Å². The summed E-state index contributed by atoms with van der Waals surface area (Å²) in [5.74, 6) is -1.12. The summed E-state index contributed by atoms with van der Waals surface area (Å²) in [5.41, 5.74) is 1.22. The first-order valence-corrected chi connectivity index (χ1v) is 7.52. The number of pyridine rings is 1. The highest BCUT2D eigenvalue weighted by Crippen LogP contribution is 2.27. The topological polar surface area (TPSA) is 24.9 Å². The molecule has 0 bridgehead atoms. The third kappa shape index (κ3) is 3.62. The highest BCUT2D eigenvalue weighted by Gasteiger charge is 2.17. The summed E-state index contributed by atoms with van der Waals surface area (Å²) < 4.78 is 28.3. The van der Waals surface area contributed by atoms with Gasteiger partial charge < -0.3 is 5.32 Å². The monoisotopic (exact) mass is 404 g/mol. The van der Waals surface area contributed by atoms with Gasteiger partial charge in [0.15, 0.2) is 0 Å². The van der Waals surface area contributed by atoms with Crippen LogP contribution in [-0.2, 0) is 6.42 Å². The first-order valence-electron chi connectivity index (χ1n) is 5.93. The third-order valence-electron chi connectivity index (χ3n) is 2.95. The van der Waals surface area contributed by atoms with Crippen molar-refractivity contribution >= 4 is 31.9 Å². The van der Waals surface area contributed by atoms with Crippen molar-refractivity contribution < 1.29 is 8.78 Å². The predicted molar refractivity (Wildman–Crippen MR) is 81.5 cm³/mol. The molecule has 106 valence electrons. The molecule has 2 nitrogen and oxygen atoms in total. The molecule has 0 aliphatic rings. The summed E-state index contributed by atoms with van der Waals surface area (Å²) >= 11 is 6.78. The lowest BCUT2D eigenvalue weighted by Gasteiger charge is -2.17. The van der Waals surface area contributed by atoms with Gasteiger partial charge in [0.05, 0.1) is 11.7 Å². The molecule has 0 aliphatic carbocycles. The Hall–Kier alpha value is -0.850. The molecule has 2 rings (SSSR count). The van der Waals surface area contributed by atoms with Crippen molar-refractivity contribution in [1.82, 2.24) is 10.3 Å². The molecular formula is C14H12Br2F2N2. The zero-order valence-corrected chi connectivity index (χ0v) is 13.8. The lowest BCUT2D eigenvalue weighted by molar-refractivity contribution is 0.532. The van der Waals surface area contributed by atoms with Gasteiger partial charge in [0, 0.05) is 21.2 Å². The maximum Gasteiger partial charge on any atom is 0.129 e. The molecule has 0 radical (unpaired) electrons. The quantitative estimate of drug-likeness (QED) is 0.815. The number of aromatic nitrogens is 1. The van der Waals surface area contributed by atoms with E-state index in [1.165, 1.54) is 12.1 Å². The SMILES string of the molecule is CNC(Cc1ccc(F)cc1F)c1ncc(Br)cc1Br. The molecule has 1 aromatic carbocycles. The van der Waals surface area contributed by atoms with Gasteiger partial charge in [-0.15, -0.1) is 0 Å². The average Bonchev–Trinajstić information content (AvgIpc) is 2.39. The normalized spacial score (nSPS) is 12.4. The van der Waals surface area contributed by atoms with Crippen LogP contribution in [0, 0.1) is 11.6 Å². The number of nitrogens with zero attached hydrogens (tertiary/aromatic N) is 1. The lowest BCUT2D eigenvalue weighted by Crippen LogP contribution is -2.21. The minimum atomic E-state index is -0.574. The van der Waals surface area contributed by atoms with Crippen LogP contribution in [0.15, 0.2) is 39.4 Å². The summed E-state index contributed by atoms with van der Waals surface area (Å²) in [7, 11) is 1.78. The van der Waals surface area contributed by atoms with Crippen LogP contribution in [0.25, 0.3) is 0 Å². The fourth-order valence-corrected chi connectivity index (χ4v) is 3.19. The van der Waals surface area contributed by atoms with Crippen molar-refractivity contribution in [3.05, 3.63) is 62.3 Å². The van der Waals surface area contributed by atoms with Gasteiger partial charge in [-0.05, 0) is 63.0 Å². The summed E-state index contributed by atoms with van der Waals surface area (Å²) in [4.78, 5) is 4.34. The number of rotatable bonds is 4. The maximum absolute atomic E-state index is 13.7. The third-order valence-corrected chi connectivity index (χ3v) is 4.02. The zero-order valence-electron chi connectivity index (χ0n) is 10.6. The smallest absolute Gasteiger partial charge is 0.129 e. The predicted octanol–water partition coefficient (Wildman–Crippen LogP) is 4.39. The molecule has 1 N–H and O–H groups in total. The minimum absolute atomic E-state index is 0.169. The lowest BCUT2D eigenvalue weighted by atomic mass is 10.0. The Labute approximate surface area is 132 Å². The molecule has 0 saturated carbocycles. The number of likely N-dealkylation sites (N-methyl/N-ethyl adjacent to an activating group) is 1. The number of hydrogen-bond donors (Lipinski definition) is 1. The molecular weight excluding hydrogens is 394 g/mol. The van der Waals surface area contributed by atoms with Crippen LogP contribution in [-0.4, -0.2) is 12.0 Å². The van der Waals surface area contributed by atoms with Gasteiger partial charge in [-0.25, -0.2) is 8.78 Å². The van der Waals surface area contributed by atoms with E-state index in [-0.39, 0.29) is 6.04 Å². The largest absolute Gasteiger partial charge is 0.311 e. The second kappa shape index (κ2) is 6.74. The van der Waals surface area contributed by atoms with Crippen molar-refractivity contribution in [2.75, 3.05) is 7.05 Å². The molecule has 0 amide bonds. The van der Waals surface area contributed by atoms with Crippen molar-refractivity contribution in [2.45, 2.75) is 12.5 Å². The Morgan fingerprint density at radius 3 is 2.60 bits per heavy atom. The zero-order chi connectivity index (χ0) is 14.7. The first kappa shape index (κ1) is 15.5. The standard InChI is InChI=1S/C14H12Br2F2N2/c1-19-13(14-11(16)5-9(15)7-20-14)4-8-2-3-10(17)6-12(8)18/h2-3,5-7,13,19H,4H2,1H3. The van der Waals surface area contributed by atoms with E-state index in [1.807, 2.05) is 6.07 Å². The van der Waals surface area contributed by atoms with E-state index < -0.39 is 11.6 Å². The summed E-state index contributed by atoms with van der Waals surface area (Å²) in [6, 6.07) is 5.33. The molecule has 0 fully saturated rings. The van der Waals surface area contributed by atoms with Crippen molar-refractivity contribution in [3.63, 3.8) is 0 Å². The molecule has 1 aromatic heterocycles. The second-order valence-electron chi connectivity index (χ2n) is 4.30. The molecule has 6 heteroatoms. The van der Waals surface area contributed by atoms with Crippen molar-refractivity contribution in [2.24, 2.45) is 0 Å². The highest BCUT2D eigenvalue weighted by atomic mass is 79.9. The molecule has 2 aromatic rings. The fraction of sp³-hybridized carbons (Fsp3) is 0.214. The van der Waals surface area contributed by atoms with Gasteiger partial charge in [0.2, 0.25) is 0 Å². The van der Waals surface area contributed by atoms with Crippen molar-refractivity contribution in [3.8, 4) is 0 Å². The molecule has 20 heavy (non-hydrogen) atoms. The molecule has 0 saturated heterocycles. The Balaban J connectivity index is 2.28. The second-order valence-corrected chi connectivity index (χ2v) is 6.07. The van der Waals surface area contributed by atoms with Crippen LogP contribution in [0.3, 0.4) is 0 Å². The van der Waals surface area contributed by atoms with Crippen LogP contribution >= 0.6 is 31.9 Å². The first-order chi connectivity index (χ1) is 9.51. The van der Waals surface area contributed by atoms with E-state index in [9.17, 15) is 8.78 Å². The van der Waals surface area contributed by atoms with Crippen LogP contribution in [0.4, 0.5) is 8.78 Å². The molecule has 1 atom stereocenters. The number of benzene rings is 1. The molecule has 0 spiro atoms. The Morgan fingerprint density at radius 1 is 1.25 bits per heavy atom. The highest BCUT2D eigenvalue weighted by molar-refractivity contribution is 9.11. The van der Waals surface area contributed by atoms with Crippen molar-refractivity contribution in [1.29, 1.82) is 0 Å². The van der Waals surface area contributed by atoms with E-state index in [4.69, 9.17) is 0 Å². The van der Waals surface area contributed by atoms with Gasteiger partial charge in [0.1, 0.15) is 11.6 Å². The number of halogens is 4. The van der Waals surface area contributed by atoms with E-state index >= 15 is 0 Å². The summed E-state index contributed by atoms with van der Waals surface area (Å²) in [5, 5.41) is 3.10. The van der Waals surface area contributed by atoms with E-state index in [2.05, 4.69) is 42.2 Å². The molecule has 1 unspecified atom stereocenters. The molecule has 1 heterocycles. The Morgan fingerprint density at radius 2 is 2.00 bits per heavy atom. The summed E-state index contributed by atoms with van der Waals surface area (Å²) in [6.07, 6.45) is 2.07. The Bertz CT molecular complexity index is 620. The van der Waals surface area contributed by atoms with Gasteiger partial charge in [-0.3, -0.25) is 4.98 Å². The Kier molecular flexibility index (Phi) is 5.23. The minimum Gasteiger partial charge on any atom is -0.311 e. The van der Waals surface area contributed by atoms with Gasteiger partial charge >= 0.3 is 0 Å². The number of hydrogen-bond acceptors (Lipinski definition) is 2. The van der Waals surface area contributed by atoms with Crippen LogP contribution in [0.2, 0.25) is 0 Å². The average molecular weight is 406 g/mol. The maximum atomic E-state index is 13.7. The fourth-order valence-electron chi connectivity index (χ4n) is 1.92. The molecule has 0 aliphatic heterocycles. The van der Waals surface area contributed by atoms with Gasteiger partial charge in [-0.1, -0.05) is 6.07 Å².